The fourth-order valence-electron chi connectivity index (χ4n) is 5.22. The molecule has 0 spiro atoms. The van der Waals surface area contributed by atoms with Crippen molar-refractivity contribution in [3.63, 3.8) is 0 Å². The molecule has 3 heteroatoms. The van der Waals surface area contributed by atoms with Crippen molar-refractivity contribution in [2.75, 3.05) is 0 Å². The average molecular weight is 363 g/mol. The van der Waals surface area contributed by atoms with Crippen molar-refractivity contribution in [2.45, 2.75) is 97.9 Å². The summed E-state index contributed by atoms with van der Waals surface area (Å²) in [6, 6.07) is 0. The van der Waals surface area contributed by atoms with E-state index in [0.29, 0.717) is 16.6 Å². The van der Waals surface area contributed by atoms with Gasteiger partial charge in [0.2, 0.25) is 0 Å². The molecule has 25 heavy (non-hydrogen) atoms. The Morgan fingerprint density at radius 3 is 2.00 bits per heavy atom. The molecule has 2 heterocycles. The summed E-state index contributed by atoms with van der Waals surface area (Å²) in [5, 5.41) is 0. The van der Waals surface area contributed by atoms with Gasteiger partial charge in [-0.25, -0.2) is 0 Å². The molecule has 2 atom stereocenters. The number of rotatable bonds is 6. The minimum atomic E-state index is -2.00. The van der Waals surface area contributed by atoms with Gasteiger partial charge in [-0.15, -0.1) is 0 Å². The number of ether oxygens (including phenoxy) is 1. The maximum Gasteiger partial charge on any atom is 0.258 e. The van der Waals surface area contributed by atoms with E-state index in [-0.39, 0.29) is 11.0 Å². The van der Waals surface area contributed by atoms with Crippen LogP contribution in [-0.4, -0.2) is 13.9 Å². The minimum Gasteiger partial charge on any atom is -0.545 e. The van der Waals surface area contributed by atoms with E-state index in [0.717, 1.165) is 12.2 Å². The summed E-state index contributed by atoms with van der Waals surface area (Å²) in [6.45, 7) is 22.8. The quantitative estimate of drug-likeness (QED) is 0.370. The second-order valence-electron chi connectivity index (χ2n) is 8.91. The van der Waals surface area contributed by atoms with Crippen LogP contribution in [-0.2, 0) is 9.16 Å². The Bertz CT molecular complexity index is 590. The molecule has 142 valence electrons. The van der Waals surface area contributed by atoms with E-state index in [4.69, 9.17) is 9.16 Å². The first-order chi connectivity index (χ1) is 11.5. The van der Waals surface area contributed by atoms with Crippen molar-refractivity contribution >= 4 is 8.32 Å². The van der Waals surface area contributed by atoms with Crippen LogP contribution in [0.5, 0.6) is 0 Å². The van der Waals surface area contributed by atoms with Crippen molar-refractivity contribution in [3.05, 3.63) is 35.3 Å². The van der Waals surface area contributed by atoms with Crippen molar-refractivity contribution in [1.29, 1.82) is 0 Å². The second-order valence-corrected chi connectivity index (χ2v) is 14.3. The lowest BCUT2D eigenvalue weighted by Gasteiger charge is -2.54. The van der Waals surface area contributed by atoms with Crippen LogP contribution in [0.2, 0.25) is 16.6 Å². The van der Waals surface area contributed by atoms with Crippen LogP contribution in [0.4, 0.5) is 0 Å². The smallest absolute Gasteiger partial charge is 0.258 e. The number of allylic oxidation sites excluding steroid dienone is 1. The number of hydrogen-bond donors (Lipinski definition) is 0. The first-order valence-electron chi connectivity index (χ1n) is 9.98. The van der Waals surface area contributed by atoms with Gasteiger partial charge in [-0.1, -0.05) is 54.5 Å². The van der Waals surface area contributed by atoms with Gasteiger partial charge in [0.1, 0.15) is 5.76 Å². The van der Waals surface area contributed by atoms with Crippen LogP contribution < -0.4 is 0 Å². The topological polar surface area (TPSA) is 18.5 Å². The van der Waals surface area contributed by atoms with Crippen molar-refractivity contribution < 1.29 is 9.16 Å². The van der Waals surface area contributed by atoms with Crippen LogP contribution in [0.1, 0.15) is 75.7 Å². The highest BCUT2D eigenvalue weighted by molar-refractivity contribution is 6.77. The number of hydrogen-bond acceptors (Lipinski definition) is 2. The second kappa shape index (κ2) is 6.64. The molecule has 0 fully saturated rings. The summed E-state index contributed by atoms with van der Waals surface area (Å²) in [7, 11) is -2.00. The van der Waals surface area contributed by atoms with Gasteiger partial charge in [0.15, 0.2) is 5.60 Å². The van der Waals surface area contributed by atoms with Crippen LogP contribution in [0.3, 0.4) is 0 Å². The predicted octanol–water partition coefficient (Wildman–Crippen LogP) is 7.11. The molecule has 1 aliphatic carbocycles. The van der Waals surface area contributed by atoms with Crippen LogP contribution in [0.15, 0.2) is 35.3 Å². The molecule has 0 amide bonds. The summed E-state index contributed by atoms with van der Waals surface area (Å²) in [5.74, 6) is 2.20. The van der Waals surface area contributed by atoms with Gasteiger partial charge in [0, 0.05) is 5.57 Å². The van der Waals surface area contributed by atoms with E-state index >= 15 is 0 Å². The molecular weight excluding hydrogens is 324 g/mol. The fourth-order valence-corrected chi connectivity index (χ4v) is 10.6. The molecule has 2 nitrogen and oxygen atoms in total. The molecule has 2 aliphatic heterocycles. The van der Waals surface area contributed by atoms with Crippen LogP contribution in [0.25, 0.3) is 0 Å². The predicted molar refractivity (Wildman–Crippen MR) is 110 cm³/mol. The molecule has 0 saturated carbocycles. The van der Waals surface area contributed by atoms with E-state index in [1.54, 1.807) is 0 Å². The van der Waals surface area contributed by atoms with Crippen molar-refractivity contribution in [3.8, 4) is 0 Å². The SMILES string of the molecule is C/C=C1\OC2(CC)C=CC1(C)C(O[Si](C(C)C)(C(C)C)C(C)C)=C2C. The average Bonchev–Trinajstić information content (AvgIpc) is 2.54. The summed E-state index contributed by atoms with van der Waals surface area (Å²) < 4.78 is 13.7. The molecule has 3 aliphatic rings. The molecule has 3 rings (SSSR count). The third kappa shape index (κ3) is 2.74. The lowest BCUT2D eigenvalue weighted by molar-refractivity contribution is 0.00145. The van der Waals surface area contributed by atoms with Gasteiger partial charge in [0.05, 0.1) is 11.2 Å². The lowest BCUT2D eigenvalue weighted by Crippen LogP contribution is -2.53. The lowest BCUT2D eigenvalue weighted by atomic mass is 9.70. The van der Waals surface area contributed by atoms with E-state index in [9.17, 15) is 0 Å². The fraction of sp³-hybridized carbons (Fsp3) is 0.727. The van der Waals surface area contributed by atoms with E-state index in [1.165, 1.54) is 11.3 Å². The zero-order valence-electron chi connectivity index (χ0n) is 18.0. The highest BCUT2D eigenvalue weighted by atomic mass is 28.4. The maximum absolute atomic E-state index is 7.22. The van der Waals surface area contributed by atoms with Crippen molar-refractivity contribution in [1.82, 2.24) is 0 Å². The molecule has 0 radical (unpaired) electrons. The summed E-state index contributed by atoms with van der Waals surface area (Å²) >= 11 is 0. The molecule has 0 N–H and O–H groups in total. The van der Waals surface area contributed by atoms with Gasteiger partial charge < -0.3 is 9.16 Å². The first kappa shape index (κ1) is 20.4. The Labute approximate surface area is 156 Å². The monoisotopic (exact) mass is 362 g/mol. The molecule has 2 bridgehead atoms. The molecule has 0 aromatic rings. The van der Waals surface area contributed by atoms with Gasteiger partial charge in [-0.2, -0.15) is 0 Å². The Hall–Kier alpha value is -0.963. The molecule has 0 saturated heterocycles. The Morgan fingerprint density at radius 2 is 1.60 bits per heavy atom. The Balaban J connectivity index is 2.66. The third-order valence-electron chi connectivity index (χ3n) is 6.71. The van der Waals surface area contributed by atoms with E-state index < -0.39 is 8.32 Å². The summed E-state index contributed by atoms with van der Waals surface area (Å²) in [6.07, 6.45) is 7.62. The van der Waals surface area contributed by atoms with E-state index in [1.807, 2.05) is 0 Å². The highest BCUT2D eigenvalue weighted by Gasteiger charge is 2.56. The minimum absolute atomic E-state index is 0.271. The van der Waals surface area contributed by atoms with Crippen LogP contribution >= 0.6 is 0 Å². The van der Waals surface area contributed by atoms with Crippen molar-refractivity contribution in [2.24, 2.45) is 5.41 Å². The zero-order valence-corrected chi connectivity index (χ0v) is 19.0. The standard InChI is InChI=1S/C22H38O2Si/c1-11-19-21(10)13-14-22(12-2,23-19)18(9)20(21)24-25(15(3)4,16(5)6)17(7)8/h11,13-17H,12H2,1-10H3/b19-11-. The number of fused-ring (bicyclic) bond motifs is 1. The van der Waals surface area contributed by atoms with Gasteiger partial charge in [0.25, 0.3) is 8.32 Å². The largest absolute Gasteiger partial charge is 0.545 e. The van der Waals surface area contributed by atoms with Gasteiger partial charge >= 0.3 is 0 Å². The Kier molecular flexibility index (Phi) is 5.41. The third-order valence-corrected chi connectivity index (χ3v) is 12.7. The molecule has 2 unspecified atom stereocenters. The molecular formula is C22H38O2Si. The summed E-state index contributed by atoms with van der Waals surface area (Å²) in [5.41, 5.74) is 2.35. The zero-order chi connectivity index (χ0) is 19.2. The molecule has 0 aromatic carbocycles. The Morgan fingerprint density at radius 1 is 1.08 bits per heavy atom. The van der Waals surface area contributed by atoms with Crippen LogP contribution in [0, 0.1) is 5.41 Å². The molecule has 0 aromatic heterocycles. The highest BCUT2D eigenvalue weighted by Crippen LogP contribution is 2.57. The first-order valence-corrected chi connectivity index (χ1v) is 12.1. The van der Waals surface area contributed by atoms with Gasteiger partial charge in [-0.3, -0.25) is 0 Å². The maximum atomic E-state index is 7.22. The van der Waals surface area contributed by atoms with E-state index in [2.05, 4.69) is 87.5 Å². The summed E-state index contributed by atoms with van der Waals surface area (Å²) in [4.78, 5) is 0. The normalized spacial score (nSPS) is 30.8. The van der Waals surface area contributed by atoms with Gasteiger partial charge in [-0.05, 0) is 56.0 Å².